The summed E-state index contributed by atoms with van der Waals surface area (Å²) in [5.74, 6) is -0.114. The van der Waals surface area contributed by atoms with E-state index in [-0.39, 0.29) is 30.7 Å². The van der Waals surface area contributed by atoms with E-state index < -0.39 is 5.54 Å². The summed E-state index contributed by atoms with van der Waals surface area (Å²) in [6.07, 6.45) is 3.33. The Kier molecular flexibility index (Phi) is 12.1. The smallest absolute Gasteiger partial charge is 0.239 e. The second kappa shape index (κ2) is 12.5. The van der Waals surface area contributed by atoms with Gasteiger partial charge in [-0.05, 0) is 38.7 Å². The van der Waals surface area contributed by atoms with Crippen LogP contribution < -0.4 is 11.1 Å². The molecule has 1 aliphatic rings. The minimum Gasteiger partial charge on any atom is -0.378 e. The molecule has 7 heteroatoms. The summed E-state index contributed by atoms with van der Waals surface area (Å²) in [4.78, 5) is 14.1. The molecule has 1 saturated heterocycles. The van der Waals surface area contributed by atoms with Gasteiger partial charge in [-0.15, -0.1) is 24.8 Å². The average molecular weight is 406 g/mol. The van der Waals surface area contributed by atoms with Gasteiger partial charge in [0.1, 0.15) is 0 Å². The predicted molar refractivity (Wildman–Crippen MR) is 111 cm³/mol. The summed E-state index contributed by atoms with van der Waals surface area (Å²) in [6.45, 7) is 7.91. The first kappa shape index (κ1) is 25.1. The van der Waals surface area contributed by atoms with Crippen molar-refractivity contribution in [1.29, 1.82) is 0 Å². The largest absolute Gasteiger partial charge is 0.378 e. The third kappa shape index (κ3) is 9.19. The zero-order chi connectivity index (χ0) is 17.4. The van der Waals surface area contributed by atoms with Crippen LogP contribution in [0.4, 0.5) is 0 Å². The zero-order valence-corrected chi connectivity index (χ0v) is 17.4. The van der Waals surface area contributed by atoms with Crippen LogP contribution in [0.15, 0.2) is 30.3 Å². The quantitative estimate of drug-likeness (QED) is 0.652. The molecular formula is C19H33Cl2N3O2. The molecule has 0 aromatic heterocycles. The molecule has 1 fully saturated rings. The van der Waals surface area contributed by atoms with Crippen LogP contribution >= 0.6 is 24.8 Å². The standard InChI is InChI=1S/C19H31N3O2.2ClH/c1-19(2,20)18(23)21-11-6-14-24-17-9-12-22(13-10-17)15-16-7-4-3-5-8-16;;/h3-5,7-8,17H,6,9-15,20H2,1-2H3,(H,21,23);2*1H. The maximum absolute atomic E-state index is 11.6. The van der Waals surface area contributed by atoms with Crippen molar-refractivity contribution in [2.24, 2.45) is 5.73 Å². The van der Waals surface area contributed by atoms with Crippen LogP contribution in [0.3, 0.4) is 0 Å². The summed E-state index contributed by atoms with van der Waals surface area (Å²) in [5, 5.41) is 2.84. The lowest BCUT2D eigenvalue weighted by Crippen LogP contribution is -2.49. The van der Waals surface area contributed by atoms with Gasteiger partial charge in [0, 0.05) is 32.8 Å². The molecule has 1 aromatic rings. The number of benzene rings is 1. The zero-order valence-electron chi connectivity index (χ0n) is 15.8. The lowest BCUT2D eigenvalue weighted by Gasteiger charge is -2.32. The van der Waals surface area contributed by atoms with E-state index in [9.17, 15) is 4.79 Å². The fourth-order valence-electron chi connectivity index (χ4n) is 2.83. The number of hydrogen-bond acceptors (Lipinski definition) is 4. The van der Waals surface area contributed by atoms with Crippen LogP contribution in [0.1, 0.15) is 38.7 Å². The molecule has 0 unspecified atom stereocenters. The number of piperidine rings is 1. The van der Waals surface area contributed by atoms with E-state index in [1.807, 2.05) is 0 Å². The van der Waals surface area contributed by atoms with Gasteiger partial charge in [0.2, 0.25) is 5.91 Å². The highest BCUT2D eigenvalue weighted by Gasteiger charge is 2.21. The SMILES string of the molecule is CC(C)(N)C(=O)NCCCOC1CCN(Cc2ccccc2)CC1.Cl.Cl. The number of nitrogens with two attached hydrogens (primary N) is 1. The Labute approximate surface area is 169 Å². The number of rotatable bonds is 8. The maximum Gasteiger partial charge on any atom is 0.239 e. The molecule has 1 amide bonds. The summed E-state index contributed by atoms with van der Waals surface area (Å²) < 4.78 is 5.94. The van der Waals surface area contributed by atoms with Crippen LogP contribution in [0.2, 0.25) is 0 Å². The van der Waals surface area contributed by atoms with Gasteiger partial charge in [-0.1, -0.05) is 30.3 Å². The molecule has 0 radical (unpaired) electrons. The van der Waals surface area contributed by atoms with Crippen molar-refractivity contribution in [3.05, 3.63) is 35.9 Å². The number of halogens is 2. The van der Waals surface area contributed by atoms with Gasteiger partial charge in [0.05, 0.1) is 11.6 Å². The van der Waals surface area contributed by atoms with E-state index in [0.29, 0.717) is 19.3 Å². The van der Waals surface area contributed by atoms with Crippen molar-refractivity contribution in [3.8, 4) is 0 Å². The van der Waals surface area contributed by atoms with Gasteiger partial charge in [0.25, 0.3) is 0 Å². The molecule has 5 nitrogen and oxygen atoms in total. The fourth-order valence-corrected chi connectivity index (χ4v) is 2.83. The van der Waals surface area contributed by atoms with Crippen LogP contribution in [-0.4, -0.2) is 48.7 Å². The van der Waals surface area contributed by atoms with Crippen LogP contribution in [-0.2, 0) is 16.1 Å². The number of ether oxygens (including phenoxy) is 1. The number of carbonyl (C=O) groups is 1. The van der Waals surface area contributed by atoms with E-state index in [0.717, 1.165) is 38.9 Å². The fraction of sp³-hybridized carbons (Fsp3) is 0.632. The van der Waals surface area contributed by atoms with Gasteiger partial charge >= 0.3 is 0 Å². The molecular weight excluding hydrogens is 373 g/mol. The predicted octanol–water partition coefficient (Wildman–Crippen LogP) is 2.75. The normalized spacial score (nSPS) is 15.7. The van der Waals surface area contributed by atoms with Crippen molar-refractivity contribution >= 4 is 30.7 Å². The number of carbonyl (C=O) groups excluding carboxylic acids is 1. The first-order valence-electron chi connectivity index (χ1n) is 8.90. The van der Waals surface area contributed by atoms with Crippen molar-refractivity contribution in [2.75, 3.05) is 26.2 Å². The van der Waals surface area contributed by atoms with Gasteiger partial charge in [-0.2, -0.15) is 0 Å². The van der Waals surface area contributed by atoms with Crippen LogP contribution in [0.25, 0.3) is 0 Å². The first-order chi connectivity index (χ1) is 11.4. The summed E-state index contributed by atoms with van der Waals surface area (Å²) in [5.41, 5.74) is 6.29. The van der Waals surface area contributed by atoms with Crippen molar-refractivity contribution in [1.82, 2.24) is 10.2 Å². The molecule has 0 spiro atoms. The molecule has 2 rings (SSSR count). The molecule has 3 N–H and O–H groups in total. The number of amides is 1. The Morgan fingerprint density at radius 2 is 1.85 bits per heavy atom. The van der Waals surface area contributed by atoms with Crippen LogP contribution in [0.5, 0.6) is 0 Å². The molecule has 1 heterocycles. The lowest BCUT2D eigenvalue weighted by atomic mass is 10.1. The molecule has 1 aromatic carbocycles. The van der Waals surface area contributed by atoms with Gasteiger partial charge in [-0.3, -0.25) is 9.69 Å². The summed E-state index contributed by atoms with van der Waals surface area (Å²) in [7, 11) is 0. The third-order valence-corrected chi connectivity index (χ3v) is 4.33. The van der Waals surface area contributed by atoms with E-state index >= 15 is 0 Å². The summed E-state index contributed by atoms with van der Waals surface area (Å²) >= 11 is 0. The summed E-state index contributed by atoms with van der Waals surface area (Å²) in [6, 6.07) is 10.6. The third-order valence-electron chi connectivity index (χ3n) is 4.33. The number of likely N-dealkylation sites (tertiary alicyclic amines) is 1. The minimum absolute atomic E-state index is 0. The van der Waals surface area contributed by atoms with Crippen molar-refractivity contribution in [3.63, 3.8) is 0 Å². The average Bonchev–Trinajstić information content (AvgIpc) is 2.56. The monoisotopic (exact) mass is 405 g/mol. The number of nitrogens with zero attached hydrogens (tertiary/aromatic N) is 1. The van der Waals surface area contributed by atoms with Crippen molar-refractivity contribution in [2.45, 2.75) is 51.3 Å². The Hall–Kier alpha value is -0.850. The Bertz CT molecular complexity index is 501. The van der Waals surface area contributed by atoms with Gasteiger partial charge in [-0.25, -0.2) is 0 Å². The number of nitrogens with one attached hydrogen (secondary N) is 1. The van der Waals surface area contributed by atoms with Crippen molar-refractivity contribution < 1.29 is 9.53 Å². The van der Waals surface area contributed by atoms with Crippen LogP contribution in [0, 0.1) is 0 Å². The number of hydrogen-bond donors (Lipinski definition) is 2. The van der Waals surface area contributed by atoms with E-state index in [4.69, 9.17) is 10.5 Å². The molecule has 26 heavy (non-hydrogen) atoms. The molecule has 150 valence electrons. The second-order valence-electron chi connectivity index (χ2n) is 7.16. The van der Waals surface area contributed by atoms with Gasteiger partial charge in [0.15, 0.2) is 0 Å². The molecule has 1 aliphatic heterocycles. The van der Waals surface area contributed by atoms with E-state index in [2.05, 4.69) is 40.5 Å². The first-order valence-corrected chi connectivity index (χ1v) is 8.90. The maximum atomic E-state index is 11.6. The molecule has 0 bridgehead atoms. The lowest BCUT2D eigenvalue weighted by molar-refractivity contribution is -0.125. The molecule has 0 saturated carbocycles. The Morgan fingerprint density at radius 1 is 1.23 bits per heavy atom. The highest BCUT2D eigenvalue weighted by atomic mass is 35.5. The highest BCUT2D eigenvalue weighted by molar-refractivity contribution is 5.85. The molecule has 0 aliphatic carbocycles. The second-order valence-corrected chi connectivity index (χ2v) is 7.16. The minimum atomic E-state index is -0.813. The topological polar surface area (TPSA) is 67.6 Å². The Morgan fingerprint density at radius 3 is 2.42 bits per heavy atom. The Balaban J connectivity index is 0.00000312. The highest BCUT2D eigenvalue weighted by Crippen LogP contribution is 2.16. The van der Waals surface area contributed by atoms with E-state index in [1.165, 1.54) is 5.56 Å². The van der Waals surface area contributed by atoms with E-state index in [1.54, 1.807) is 13.8 Å². The molecule has 0 atom stereocenters. The van der Waals surface area contributed by atoms with Gasteiger partial charge < -0.3 is 15.8 Å².